The molecule has 2 aromatic heterocycles. The molecule has 13 heteroatoms. The summed E-state index contributed by atoms with van der Waals surface area (Å²) in [6.07, 6.45) is 0.406. The Bertz CT molecular complexity index is 1130. The van der Waals surface area contributed by atoms with E-state index in [4.69, 9.17) is 41.6 Å². The van der Waals surface area contributed by atoms with Crippen molar-refractivity contribution in [2.45, 2.75) is 40.8 Å². The normalized spacial score (nSPS) is 10.6. The van der Waals surface area contributed by atoms with Gasteiger partial charge in [-0.3, -0.25) is 24.4 Å². The Morgan fingerprint density at radius 1 is 0.900 bits per heavy atom. The Kier molecular flexibility index (Phi) is 8.98. The van der Waals surface area contributed by atoms with Gasteiger partial charge in [-0.15, -0.1) is 0 Å². The number of H-pyrrole nitrogens is 2. The van der Waals surface area contributed by atoms with Gasteiger partial charge in [0.05, 0.1) is 0 Å². The summed E-state index contributed by atoms with van der Waals surface area (Å²) < 4.78 is 3.80. The van der Waals surface area contributed by atoms with Crippen LogP contribution in [0.4, 0.5) is 23.0 Å². The first-order chi connectivity index (χ1) is 13.9. The van der Waals surface area contributed by atoms with Crippen LogP contribution in [0.15, 0.2) is 9.59 Å². The number of aromatic amines is 2. The Labute approximate surface area is 183 Å². The zero-order valence-corrected chi connectivity index (χ0v) is 18.9. The summed E-state index contributed by atoms with van der Waals surface area (Å²) in [4.78, 5) is 37.9. The van der Waals surface area contributed by atoms with Gasteiger partial charge in [-0.05, 0) is 36.3 Å². The van der Waals surface area contributed by atoms with Gasteiger partial charge in [0.2, 0.25) is 6.41 Å². The van der Waals surface area contributed by atoms with E-state index < -0.39 is 11.1 Å². The van der Waals surface area contributed by atoms with Crippen molar-refractivity contribution >= 4 is 53.9 Å². The molecule has 2 heterocycles. The number of rotatable bonds is 6. The minimum absolute atomic E-state index is 0.0271. The number of nitrogen functional groups attached to an aromatic ring is 3. The molecule has 9 N–H and O–H groups in total. The molecule has 2 aromatic rings. The zero-order valence-electron chi connectivity index (χ0n) is 17.3. The fraction of sp³-hybridized carbons (Fsp3) is 0.471. The molecular weight excluding hydrogens is 428 g/mol. The Morgan fingerprint density at radius 2 is 1.33 bits per heavy atom. The van der Waals surface area contributed by atoms with Crippen molar-refractivity contribution in [1.82, 2.24) is 19.1 Å². The Hall–Kier alpha value is -2.93. The van der Waals surface area contributed by atoms with Crippen LogP contribution in [0.2, 0.25) is 0 Å². The molecule has 0 aliphatic heterocycles. The van der Waals surface area contributed by atoms with E-state index in [9.17, 15) is 14.4 Å². The molecule has 0 radical (unpaired) electrons. The summed E-state index contributed by atoms with van der Waals surface area (Å²) >= 11 is 9.98. The van der Waals surface area contributed by atoms with Crippen molar-refractivity contribution < 1.29 is 4.79 Å². The number of amides is 1. The lowest BCUT2D eigenvalue weighted by molar-refractivity contribution is -0.105. The maximum Gasteiger partial charge on any atom is 0.277 e. The van der Waals surface area contributed by atoms with Crippen molar-refractivity contribution in [3.05, 3.63) is 30.2 Å². The van der Waals surface area contributed by atoms with Crippen LogP contribution < -0.4 is 33.6 Å². The molecule has 0 saturated carbocycles. The van der Waals surface area contributed by atoms with Crippen molar-refractivity contribution in [2.75, 3.05) is 22.5 Å². The number of nitrogens with two attached hydrogens (primary N) is 3. The van der Waals surface area contributed by atoms with E-state index in [0.29, 0.717) is 36.1 Å². The highest BCUT2D eigenvalue weighted by Gasteiger charge is 2.11. The molecule has 0 aliphatic carbocycles. The summed E-state index contributed by atoms with van der Waals surface area (Å²) in [6, 6.07) is 0. The largest absolute Gasteiger partial charge is 0.391 e. The van der Waals surface area contributed by atoms with E-state index in [1.807, 2.05) is 27.7 Å². The lowest BCUT2D eigenvalue weighted by Gasteiger charge is -2.14. The number of nitrogens with one attached hydrogen (secondary N) is 3. The smallest absolute Gasteiger partial charge is 0.277 e. The Balaban J connectivity index is 0.000000303. The molecule has 0 bridgehead atoms. The van der Waals surface area contributed by atoms with E-state index in [1.165, 1.54) is 0 Å². The van der Waals surface area contributed by atoms with Crippen molar-refractivity contribution in [2.24, 2.45) is 11.8 Å². The van der Waals surface area contributed by atoms with Crippen LogP contribution >= 0.6 is 24.4 Å². The number of aromatic nitrogens is 4. The molecule has 166 valence electrons. The van der Waals surface area contributed by atoms with Crippen LogP contribution in [-0.2, 0) is 17.9 Å². The highest BCUT2D eigenvalue weighted by Crippen LogP contribution is 2.14. The molecule has 0 saturated heterocycles. The van der Waals surface area contributed by atoms with Crippen molar-refractivity contribution in [1.29, 1.82) is 0 Å². The second kappa shape index (κ2) is 10.7. The van der Waals surface area contributed by atoms with Gasteiger partial charge >= 0.3 is 0 Å². The quantitative estimate of drug-likeness (QED) is 0.278. The number of hydrogen-bond acceptors (Lipinski definition) is 8. The maximum atomic E-state index is 11.5. The first-order valence-corrected chi connectivity index (χ1v) is 9.93. The van der Waals surface area contributed by atoms with Gasteiger partial charge in [0.25, 0.3) is 11.1 Å². The molecule has 0 spiro atoms. The molecule has 30 heavy (non-hydrogen) atoms. The highest BCUT2D eigenvalue weighted by atomic mass is 32.1. The average molecular weight is 457 g/mol. The van der Waals surface area contributed by atoms with Gasteiger partial charge in [0, 0.05) is 13.1 Å². The van der Waals surface area contributed by atoms with Crippen LogP contribution in [0.5, 0.6) is 0 Å². The van der Waals surface area contributed by atoms with Gasteiger partial charge in [-0.2, -0.15) is 0 Å². The third-order valence-electron chi connectivity index (χ3n) is 3.82. The standard InChI is InChI=1S/C9H14N4O2S.C8H14N4OS/c1-5(2)3-13-7(10)6(11-4-14)8(15)12-9(13)16;1-4(2)3-12-6(10)5(9)7(13)11-8(12)14/h4-5H,3,10H2,1-2H3,(H,11,14)(H,12,15,16);4H,3,9-10H2,1-2H3,(H,11,13,14). The molecule has 0 aliphatic rings. The van der Waals surface area contributed by atoms with Crippen LogP contribution in [0.3, 0.4) is 0 Å². The monoisotopic (exact) mass is 456 g/mol. The number of carbonyl (C=O) groups is 1. The summed E-state index contributed by atoms with van der Waals surface area (Å²) in [6.45, 7) is 9.28. The van der Waals surface area contributed by atoms with E-state index in [0.717, 1.165) is 0 Å². The molecule has 0 unspecified atom stereocenters. The summed E-state index contributed by atoms with van der Waals surface area (Å²) in [5.41, 5.74) is 16.1. The Morgan fingerprint density at radius 3 is 1.77 bits per heavy atom. The lowest BCUT2D eigenvalue weighted by atomic mass is 10.2. The number of hydrogen-bond donors (Lipinski definition) is 6. The van der Waals surface area contributed by atoms with Gasteiger partial charge < -0.3 is 31.7 Å². The predicted molar refractivity (Wildman–Crippen MR) is 124 cm³/mol. The fourth-order valence-electron chi connectivity index (χ4n) is 2.48. The number of nitrogens with zero attached hydrogens (tertiary/aromatic N) is 2. The van der Waals surface area contributed by atoms with Gasteiger partial charge in [0.15, 0.2) is 9.54 Å². The third-order valence-corrected chi connectivity index (χ3v) is 4.46. The van der Waals surface area contributed by atoms with Crippen LogP contribution in [-0.4, -0.2) is 25.5 Å². The second-order valence-corrected chi connectivity index (χ2v) is 8.12. The van der Waals surface area contributed by atoms with E-state index in [1.54, 1.807) is 9.13 Å². The predicted octanol–water partition coefficient (Wildman–Crippen LogP) is 1.44. The van der Waals surface area contributed by atoms with Crippen LogP contribution in [0.25, 0.3) is 0 Å². The van der Waals surface area contributed by atoms with Crippen molar-refractivity contribution in [3.8, 4) is 0 Å². The second-order valence-electron chi connectivity index (χ2n) is 7.35. The molecule has 0 atom stereocenters. The summed E-state index contributed by atoms with van der Waals surface area (Å²) in [5.74, 6) is 1.13. The van der Waals surface area contributed by atoms with Crippen LogP contribution in [0, 0.1) is 21.4 Å². The number of carbonyl (C=O) groups excluding carboxylic acids is 1. The van der Waals surface area contributed by atoms with E-state index in [-0.39, 0.29) is 27.8 Å². The SMILES string of the molecule is CC(C)Cn1c(N)c(N)c(=O)[nH]c1=S.CC(C)Cn1c(N)c(NC=O)c(=O)[nH]c1=S. The van der Waals surface area contributed by atoms with Crippen LogP contribution in [0.1, 0.15) is 27.7 Å². The lowest BCUT2D eigenvalue weighted by Crippen LogP contribution is -2.23. The van der Waals surface area contributed by atoms with Gasteiger partial charge in [-0.25, -0.2) is 0 Å². The molecule has 2 rings (SSSR count). The fourth-order valence-corrected chi connectivity index (χ4v) is 3.01. The minimum Gasteiger partial charge on any atom is -0.391 e. The van der Waals surface area contributed by atoms with E-state index >= 15 is 0 Å². The molecule has 0 fully saturated rings. The average Bonchev–Trinajstić information content (AvgIpc) is 2.64. The van der Waals surface area contributed by atoms with Gasteiger partial charge in [-0.1, -0.05) is 27.7 Å². The first kappa shape index (κ1) is 25.1. The minimum atomic E-state index is -0.491. The van der Waals surface area contributed by atoms with Gasteiger partial charge in [0.1, 0.15) is 23.0 Å². The summed E-state index contributed by atoms with van der Waals surface area (Å²) in [7, 11) is 0. The summed E-state index contributed by atoms with van der Waals surface area (Å²) in [5, 5.41) is 2.27. The molecule has 0 aromatic carbocycles. The molecule has 11 nitrogen and oxygen atoms in total. The molecular formula is C17H28N8O3S2. The third kappa shape index (κ3) is 6.29. The topological polar surface area (TPSA) is 183 Å². The van der Waals surface area contributed by atoms with E-state index in [2.05, 4.69) is 15.3 Å². The first-order valence-electron chi connectivity index (χ1n) is 9.11. The number of anilines is 4. The van der Waals surface area contributed by atoms with Crippen molar-refractivity contribution in [3.63, 3.8) is 0 Å². The highest BCUT2D eigenvalue weighted by molar-refractivity contribution is 7.71. The molecule has 1 amide bonds. The zero-order chi connectivity index (χ0) is 23.2. The maximum absolute atomic E-state index is 11.5.